The number of morpholine rings is 1. The molecule has 3 aromatic rings. The van der Waals surface area contributed by atoms with Crippen molar-refractivity contribution in [2.75, 3.05) is 43.6 Å². The summed E-state index contributed by atoms with van der Waals surface area (Å²) in [6, 6.07) is 14.6. The largest absolute Gasteiger partial charge is 0.495 e. The molecule has 1 saturated heterocycles. The first-order chi connectivity index (χ1) is 15.7. The van der Waals surface area contributed by atoms with Crippen LogP contribution >= 0.6 is 0 Å². The number of amides is 1. The van der Waals surface area contributed by atoms with Gasteiger partial charge in [0.1, 0.15) is 5.75 Å². The number of rotatable bonds is 4. The third kappa shape index (κ3) is 2.84. The summed E-state index contributed by atoms with van der Waals surface area (Å²) in [5.41, 5.74) is 5.61. The van der Waals surface area contributed by atoms with Crippen LogP contribution in [0.3, 0.4) is 0 Å². The minimum atomic E-state index is -0.403. The third-order valence-corrected chi connectivity index (χ3v) is 7.11. The van der Waals surface area contributed by atoms with E-state index in [0.717, 1.165) is 73.8 Å². The number of aromatic nitrogens is 2. The fourth-order valence-corrected chi connectivity index (χ4v) is 5.18. The van der Waals surface area contributed by atoms with Gasteiger partial charge in [-0.15, -0.1) is 0 Å². The molecule has 2 fully saturated rings. The van der Waals surface area contributed by atoms with Gasteiger partial charge >= 0.3 is 0 Å². The van der Waals surface area contributed by atoms with Crippen molar-refractivity contribution in [1.29, 1.82) is 0 Å². The molecule has 2 aromatic carbocycles. The molecule has 1 N–H and O–H groups in total. The van der Waals surface area contributed by atoms with Gasteiger partial charge in [-0.1, -0.05) is 12.5 Å². The van der Waals surface area contributed by atoms with E-state index >= 15 is 0 Å². The van der Waals surface area contributed by atoms with E-state index in [2.05, 4.69) is 45.6 Å². The standard InChI is InChI=1S/C25H26N4O3/c1-31-22-15-17(14-20-23(22)27-24(30)25(20)7-3-8-25)21-6-9-26-29(21)19-5-2-4-18(16-19)28-10-12-32-13-11-28/h2,4-6,9,14-16H,3,7-8,10-13H2,1H3,(H,27,30). The third-order valence-electron chi connectivity index (χ3n) is 7.11. The Balaban J connectivity index is 1.43. The van der Waals surface area contributed by atoms with Gasteiger partial charge in [0.05, 0.1) is 49.0 Å². The highest BCUT2D eigenvalue weighted by Gasteiger charge is 2.52. The minimum Gasteiger partial charge on any atom is -0.495 e. The zero-order valence-corrected chi connectivity index (χ0v) is 18.1. The van der Waals surface area contributed by atoms with E-state index in [1.54, 1.807) is 7.11 Å². The first-order valence-electron chi connectivity index (χ1n) is 11.2. The molecular formula is C25H26N4O3. The van der Waals surface area contributed by atoms with Crippen LogP contribution in [0.25, 0.3) is 16.9 Å². The van der Waals surface area contributed by atoms with Gasteiger partial charge in [-0.05, 0) is 54.8 Å². The number of hydrogen-bond donors (Lipinski definition) is 1. The number of methoxy groups -OCH3 is 1. The summed E-state index contributed by atoms with van der Waals surface area (Å²) >= 11 is 0. The van der Waals surface area contributed by atoms with Crippen LogP contribution in [0.1, 0.15) is 24.8 Å². The van der Waals surface area contributed by atoms with Gasteiger partial charge in [0.15, 0.2) is 0 Å². The second-order valence-corrected chi connectivity index (χ2v) is 8.74. The number of carbonyl (C=O) groups is 1. The molecule has 7 heteroatoms. The number of carbonyl (C=O) groups excluding carboxylic acids is 1. The lowest BCUT2D eigenvalue weighted by molar-refractivity contribution is -0.123. The van der Waals surface area contributed by atoms with Crippen molar-refractivity contribution in [2.24, 2.45) is 0 Å². The zero-order chi connectivity index (χ0) is 21.7. The van der Waals surface area contributed by atoms with Crippen molar-refractivity contribution < 1.29 is 14.3 Å². The van der Waals surface area contributed by atoms with Crippen LogP contribution in [-0.4, -0.2) is 49.1 Å². The summed E-state index contributed by atoms with van der Waals surface area (Å²) in [4.78, 5) is 15.1. The molecule has 32 heavy (non-hydrogen) atoms. The molecule has 1 saturated carbocycles. The number of benzene rings is 2. The molecule has 6 rings (SSSR count). The Morgan fingerprint density at radius 2 is 1.91 bits per heavy atom. The molecule has 3 heterocycles. The number of nitrogens with zero attached hydrogens (tertiary/aromatic N) is 3. The molecule has 3 aliphatic rings. The van der Waals surface area contributed by atoms with Crippen molar-refractivity contribution in [1.82, 2.24) is 9.78 Å². The maximum Gasteiger partial charge on any atom is 0.235 e. The molecule has 0 unspecified atom stereocenters. The lowest BCUT2D eigenvalue weighted by Crippen LogP contribution is -2.40. The summed E-state index contributed by atoms with van der Waals surface area (Å²) in [5, 5.41) is 7.70. The quantitative estimate of drug-likeness (QED) is 0.683. The van der Waals surface area contributed by atoms with Gasteiger partial charge in [0.25, 0.3) is 0 Å². The van der Waals surface area contributed by atoms with Crippen molar-refractivity contribution >= 4 is 17.3 Å². The van der Waals surface area contributed by atoms with Crippen molar-refractivity contribution in [2.45, 2.75) is 24.7 Å². The summed E-state index contributed by atoms with van der Waals surface area (Å²) in [5.74, 6) is 0.797. The predicted molar refractivity (Wildman–Crippen MR) is 123 cm³/mol. The maximum absolute atomic E-state index is 12.8. The minimum absolute atomic E-state index is 0.0981. The monoisotopic (exact) mass is 430 g/mol. The van der Waals surface area contributed by atoms with Gasteiger partial charge in [-0.25, -0.2) is 4.68 Å². The molecule has 2 aliphatic heterocycles. The summed E-state index contributed by atoms with van der Waals surface area (Å²) in [6.45, 7) is 3.28. The van der Waals surface area contributed by atoms with Gasteiger partial charge in [0.2, 0.25) is 5.91 Å². The Morgan fingerprint density at radius 3 is 2.66 bits per heavy atom. The second-order valence-electron chi connectivity index (χ2n) is 8.74. The van der Waals surface area contributed by atoms with Crippen LogP contribution in [-0.2, 0) is 14.9 Å². The predicted octanol–water partition coefficient (Wildman–Crippen LogP) is 3.76. The van der Waals surface area contributed by atoms with E-state index < -0.39 is 5.41 Å². The van der Waals surface area contributed by atoms with Crippen molar-refractivity contribution in [3.63, 3.8) is 0 Å². The SMILES string of the molecule is COc1cc(-c2ccnn2-c2cccc(N3CCOCC3)c2)cc2c1NC(=O)C21CCC1. The van der Waals surface area contributed by atoms with Crippen LogP contribution < -0.4 is 15.0 Å². The summed E-state index contributed by atoms with van der Waals surface area (Å²) in [6.07, 6.45) is 4.67. The molecule has 164 valence electrons. The topological polar surface area (TPSA) is 68.6 Å². The maximum atomic E-state index is 12.8. The average Bonchev–Trinajstić information content (AvgIpc) is 3.41. The normalized spacial score (nSPS) is 18.9. The lowest BCUT2D eigenvalue weighted by atomic mass is 9.65. The van der Waals surface area contributed by atoms with Crippen LogP contribution in [0.2, 0.25) is 0 Å². The zero-order valence-electron chi connectivity index (χ0n) is 18.1. The van der Waals surface area contributed by atoms with Crippen LogP contribution in [0.4, 0.5) is 11.4 Å². The van der Waals surface area contributed by atoms with E-state index in [1.807, 2.05) is 23.0 Å². The van der Waals surface area contributed by atoms with Crippen LogP contribution in [0, 0.1) is 0 Å². The molecule has 0 radical (unpaired) electrons. The first-order valence-corrected chi connectivity index (χ1v) is 11.2. The molecule has 1 spiro atoms. The van der Waals surface area contributed by atoms with E-state index in [-0.39, 0.29) is 5.91 Å². The highest BCUT2D eigenvalue weighted by Crippen LogP contribution is 2.54. The Labute approximate surface area is 186 Å². The van der Waals surface area contributed by atoms with Crippen LogP contribution in [0.5, 0.6) is 5.75 Å². The Hall–Kier alpha value is -3.32. The number of anilines is 2. The fraction of sp³-hybridized carbons (Fsp3) is 0.360. The number of fused-ring (bicyclic) bond motifs is 2. The lowest BCUT2D eigenvalue weighted by Gasteiger charge is -2.36. The molecule has 1 amide bonds. The summed E-state index contributed by atoms with van der Waals surface area (Å²) < 4.78 is 13.1. The molecule has 1 aliphatic carbocycles. The Kier molecular flexibility index (Phi) is 4.47. The average molecular weight is 431 g/mol. The van der Waals surface area contributed by atoms with Gasteiger partial charge in [-0.2, -0.15) is 5.10 Å². The summed E-state index contributed by atoms with van der Waals surface area (Å²) in [7, 11) is 1.65. The Bertz CT molecular complexity index is 1190. The molecule has 0 bridgehead atoms. The Morgan fingerprint density at radius 1 is 1.09 bits per heavy atom. The van der Waals surface area contributed by atoms with E-state index in [9.17, 15) is 4.79 Å². The van der Waals surface area contributed by atoms with E-state index in [0.29, 0.717) is 5.75 Å². The van der Waals surface area contributed by atoms with Gasteiger partial charge in [-0.3, -0.25) is 4.79 Å². The highest BCUT2D eigenvalue weighted by atomic mass is 16.5. The van der Waals surface area contributed by atoms with Gasteiger partial charge in [0, 0.05) is 24.3 Å². The highest BCUT2D eigenvalue weighted by molar-refractivity contribution is 6.09. The van der Waals surface area contributed by atoms with Crippen LogP contribution in [0.15, 0.2) is 48.7 Å². The number of hydrogen-bond acceptors (Lipinski definition) is 5. The molecule has 7 nitrogen and oxygen atoms in total. The number of nitrogens with one attached hydrogen (secondary N) is 1. The van der Waals surface area contributed by atoms with E-state index in [1.165, 1.54) is 5.69 Å². The smallest absolute Gasteiger partial charge is 0.235 e. The second kappa shape index (κ2) is 7.38. The number of ether oxygens (including phenoxy) is 2. The van der Waals surface area contributed by atoms with Crippen molar-refractivity contribution in [3.05, 3.63) is 54.2 Å². The van der Waals surface area contributed by atoms with E-state index in [4.69, 9.17) is 9.47 Å². The molecular weight excluding hydrogens is 404 g/mol. The van der Waals surface area contributed by atoms with Crippen molar-refractivity contribution in [3.8, 4) is 22.7 Å². The first kappa shape index (κ1) is 19.4. The fourth-order valence-electron chi connectivity index (χ4n) is 5.18. The molecule has 0 atom stereocenters. The molecule has 1 aromatic heterocycles. The van der Waals surface area contributed by atoms with Gasteiger partial charge < -0.3 is 19.7 Å².